The molecule has 1 aromatic carbocycles. The zero-order chi connectivity index (χ0) is 22.1. The van der Waals surface area contributed by atoms with Crippen LogP contribution in [-0.2, 0) is 12.6 Å². The van der Waals surface area contributed by atoms with Crippen LogP contribution in [0.15, 0.2) is 24.3 Å². The maximum Gasteiger partial charge on any atom is 0.433 e. The summed E-state index contributed by atoms with van der Waals surface area (Å²) >= 11 is 0. The van der Waals surface area contributed by atoms with Crippen LogP contribution in [0.25, 0.3) is 0 Å². The zero-order valence-corrected chi connectivity index (χ0v) is 15.9. The highest BCUT2D eigenvalue weighted by Crippen LogP contribution is 2.37. The summed E-state index contributed by atoms with van der Waals surface area (Å²) in [5.41, 5.74) is -0.882. The van der Waals surface area contributed by atoms with Crippen LogP contribution in [-0.4, -0.2) is 63.7 Å². The van der Waals surface area contributed by atoms with Crippen molar-refractivity contribution in [3.63, 3.8) is 0 Å². The van der Waals surface area contributed by atoms with Gasteiger partial charge in [0.15, 0.2) is 0 Å². The molecule has 0 spiro atoms. The first-order valence-corrected chi connectivity index (χ1v) is 9.20. The fraction of sp³-hybridized carbons (Fsp3) is 0.526. The fourth-order valence-electron chi connectivity index (χ4n) is 3.48. The Kier molecular flexibility index (Phi) is 6.53. The number of benzene rings is 1. The Bertz CT molecular complexity index is 840. The molecule has 30 heavy (non-hydrogen) atoms. The summed E-state index contributed by atoms with van der Waals surface area (Å²) in [6.45, 7) is -0.613. The number of hydrogen-bond donors (Lipinski definition) is 4. The van der Waals surface area contributed by atoms with E-state index in [1.807, 2.05) is 5.10 Å². The normalized spacial score (nSPS) is 27.1. The summed E-state index contributed by atoms with van der Waals surface area (Å²) in [5.74, 6) is -0.906. The van der Waals surface area contributed by atoms with Gasteiger partial charge in [-0.15, -0.1) is 5.10 Å². The van der Waals surface area contributed by atoms with Crippen LogP contribution in [0.3, 0.4) is 0 Å². The van der Waals surface area contributed by atoms with Crippen molar-refractivity contribution in [3.8, 4) is 11.6 Å². The minimum absolute atomic E-state index is 0.189. The van der Waals surface area contributed by atoms with Gasteiger partial charge >= 0.3 is 6.18 Å². The monoisotopic (exact) mass is 434 g/mol. The average molecular weight is 434 g/mol. The second-order valence-corrected chi connectivity index (χ2v) is 7.17. The molecule has 0 bridgehead atoms. The summed E-state index contributed by atoms with van der Waals surface area (Å²) in [7, 11) is 1.46. The Hall–Kier alpha value is -2.37. The van der Waals surface area contributed by atoms with Gasteiger partial charge in [-0.05, 0) is 24.1 Å². The molecule has 7 nitrogen and oxygen atoms in total. The van der Waals surface area contributed by atoms with Gasteiger partial charge in [0, 0.05) is 18.9 Å². The van der Waals surface area contributed by atoms with E-state index in [0.29, 0.717) is 11.3 Å². The number of H-pyrrole nitrogens is 1. The van der Waals surface area contributed by atoms with Gasteiger partial charge in [-0.3, -0.25) is 5.10 Å². The summed E-state index contributed by atoms with van der Waals surface area (Å²) in [6.07, 6.45) is -11.8. The molecule has 1 aliphatic carbocycles. The lowest BCUT2D eigenvalue weighted by atomic mass is 9.82. The minimum Gasteiger partial charge on any atom is -0.497 e. The Morgan fingerprint density at radius 2 is 1.83 bits per heavy atom. The van der Waals surface area contributed by atoms with Gasteiger partial charge in [0.25, 0.3) is 0 Å². The smallest absolute Gasteiger partial charge is 0.433 e. The van der Waals surface area contributed by atoms with Gasteiger partial charge in [0.1, 0.15) is 35.9 Å². The molecule has 0 radical (unpaired) electrons. The quantitative estimate of drug-likeness (QED) is 0.517. The highest BCUT2D eigenvalue weighted by atomic mass is 19.4. The maximum atomic E-state index is 14.0. The molecule has 1 heterocycles. The van der Waals surface area contributed by atoms with Crippen molar-refractivity contribution >= 4 is 0 Å². The Balaban J connectivity index is 1.89. The lowest BCUT2D eigenvalue weighted by Gasteiger charge is -2.38. The fourth-order valence-corrected chi connectivity index (χ4v) is 3.48. The number of nitrogens with one attached hydrogen (secondary N) is 1. The standard InChI is InChI=1S/C19H22F4N2O5/c1-29-11-4-2-9(3-5-11)6-12-17(19(21,22)23)24-25-18(12)30-13-7-10(8-26)14(20)16(28)15(13)27/h2-5,10,13-16,26-28H,6-8H2,1H3,(H,24,25)/t10-,13-,14-,15+,16+/m1/s1. The van der Waals surface area contributed by atoms with Crippen LogP contribution in [0.4, 0.5) is 17.6 Å². The molecule has 4 N–H and O–H groups in total. The minimum atomic E-state index is -4.74. The number of halogens is 4. The van der Waals surface area contributed by atoms with Crippen molar-refractivity contribution in [2.24, 2.45) is 5.92 Å². The van der Waals surface area contributed by atoms with Gasteiger partial charge in [-0.25, -0.2) is 4.39 Å². The summed E-state index contributed by atoms with van der Waals surface area (Å²) in [5, 5.41) is 34.8. The number of hydrogen-bond acceptors (Lipinski definition) is 6. The van der Waals surface area contributed by atoms with E-state index >= 15 is 0 Å². The molecule has 3 rings (SSSR count). The number of rotatable bonds is 6. The molecule has 1 aliphatic rings. The molecular weight excluding hydrogens is 412 g/mol. The van der Waals surface area contributed by atoms with Crippen molar-refractivity contribution in [3.05, 3.63) is 41.1 Å². The van der Waals surface area contributed by atoms with Crippen molar-refractivity contribution in [1.82, 2.24) is 10.2 Å². The third kappa shape index (κ3) is 4.52. The predicted molar refractivity (Wildman–Crippen MR) is 95.9 cm³/mol. The largest absolute Gasteiger partial charge is 0.497 e. The van der Waals surface area contributed by atoms with E-state index in [1.165, 1.54) is 7.11 Å². The number of aromatic nitrogens is 2. The Morgan fingerprint density at radius 3 is 2.40 bits per heavy atom. The molecule has 2 aromatic rings. The van der Waals surface area contributed by atoms with Gasteiger partial charge in [-0.1, -0.05) is 12.1 Å². The third-order valence-corrected chi connectivity index (χ3v) is 5.19. The molecule has 1 fully saturated rings. The molecule has 0 unspecified atom stereocenters. The third-order valence-electron chi connectivity index (χ3n) is 5.19. The highest BCUT2D eigenvalue weighted by Gasteiger charge is 2.46. The predicted octanol–water partition coefficient (Wildman–Crippen LogP) is 1.85. The van der Waals surface area contributed by atoms with E-state index in [2.05, 4.69) is 5.10 Å². The zero-order valence-electron chi connectivity index (χ0n) is 15.9. The maximum absolute atomic E-state index is 14.0. The van der Waals surface area contributed by atoms with Crippen LogP contribution < -0.4 is 9.47 Å². The molecule has 0 amide bonds. The topological polar surface area (TPSA) is 108 Å². The summed E-state index contributed by atoms with van der Waals surface area (Å²) in [4.78, 5) is 0. The molecule has 0 aliphatic heterocycles. The van der Waals surface area contributed by atoms with Gasteiger partial charge in [0.2, 0.25) is 5.88 Å². The van der Waals surface area contributed by atoms with Gasteiger partial charge in [-0.2, -0.15) is 13.2 Å². The first kappa shape index (κ1) is 22.3. The highest BCUT2D eigenvalue weighted by molar-refractivity contribution is 5.39. The first-order valence-electron chi connectivity index (χ1n) is 9.20. The van der Waals surface area contributed by atoms with Crippen LogP contribution in [0.2, 0.25) is 0 Å². The van der Waals surface area contributed by atoms with Crippen LogP contribution in [0.5, 0.6) is 11.6 Å². The SMILES string of the molecule is COc1ccc(Cc2c(O[C@@H]3C[C@H](CO)[C@@H](F)[C@H](O)[C@H]3O)n[nH]c2C(F)(F)F)cc1. The molecule has 0 saturated heterocycles. The number of aliphatic hydroxyl groups excluding tert-OH is 3. The second kappa shape index (κ2) is 8.78. The number of alkyl halides is 4. The summed E-state index contributed by atoms with van der Waals surface area (Å²) in [6, 6.07) is 6.37. The van der Waals surface area contributed by atoms with Crippen molar-refractivity contribution in [2.75, 3.05) is 13.7 Å². The number of aliphatic hydroxyl groups is 3. The van der Waals surface area contributed by atoms with E-state index in [4.69, 9.17) is 9.47 Å². The van der Waals surface area contributed by atoms with E-state index in [1.54, 1.807) is 24.3 Å². The van der Waals surface area contributed by atoms with Gasteiger partial charge < -0.3 is 24.8 Å². The van der Waals surface area contributed by atoms with E-state index in [9.17, 15) is 32.9 Å². The van der Waals surface area contributed by atoms with Gasteiger partial charge in [0.05, 0.1) is 12.7 Å². The Morgan fingerprint density at radius 1 is 1.17 bits per heavy atom. The first-order chi connectivity index (χ1) is 14.2. The number of methoxy groups -OCH3 is 1. The van der Waals surface area contributed by atoms with E-state index in [-0.39, 0.29) is 18.4 Å². The lowest BCUT2D eigenvalue weighted by molar-refractivity contribution is -0.142. The number of ether oxygens (including phenoxy) is 2. The van der Waals surface area contributed by atoms with Crippen LogP contribution in [0, 0.1) is 5.92 Å². The van der Waals surface area contributed by atoms with Crippen molar-refractivity contribution < 1.29 is 42.4 Å². The molecule has 11 heteroatoms. The second-order valence-electron chi connectivity index (χ2n) is 7.17. The van der Waals surface area contributed by atoms with Crippen LogP contribution >= 0.6 is 0 Å². The summed E-state index contributed by atoms with van der Waals surface area (Å²) < 4.78 is 64.9. The van der Waals surface area contributed by atoms with Crippen LogP contribution in [0.1, 0.15) is 23.2 Å². The lowest BCUT2D eigenvalue weighted by Crippen LogP contribution is -2.54. The van der Waals surface area contributed by atoms with E-state index in [0.717, 1.165) is 0 Å². The molecule has 166 valence electrons. The number of aromatic amines is 1. The van der Waals surface area contributed by atoms with Crippen molar-refractivity contribution in [1.29, 1.82) is 0 Å². The van der Waals surface area contributed by atoms with Crippen molar-refractivity contribution in [2.45, 2.75) is 43.5 Å². The molecular formula is C19H22F4N2O5. The molecule has 1 aromatic heterocycles. The van der Waals surface area contributed by atoms with E-state index < -0.39 is 54.8 Å². The Labute approximate surface area is 169 Å². The average Bonchev–Trinajstić information content (AvgIpc) is 3.11. The molecule has 5 atom stereocenters. The molecule has 1 saturated carbocycles. The number of nitrogens with zero attached hydrogens (tertiary/aromatic N) is 1.